The standard InChI is InChI=1S/C16H18ClN3O3/c1-3-5-20(6-4-2)16(22)9-18-12-8-14-13(7-11(12)17)19-15(21)10-23-14/h3-4,7-8,18H,1-2,5-6,9-10H2,(H,19,21). The van der Waals surface area contributed by atoms with Gasteiger partial charge < -0.3 is 20.3 Å². The molecule has 23 heavy (non-hydrogen) atoms. The van der Waals surface area contributed by atoms with Gasteiger partial charge in [-0.1, -0.05) is 23.8 Å². The first kappa shape index (κ1) is 16.9. The number of nitrogens with one attached hydrogen (secondary N) is 2. The van der Waals surface area contributed by atoms with Crippen molar-refractivity contribution in [3.8, 4) is 5.75 Å². The molecule has 1 aromatic rings. The van der Waals surface area contributed by atoms with Gasteiger partial charge in [-0.15, -0.1) is 13.2 Å². The molecule has 0 aromatic heterocycles. The molecule has 0 bridgehead atoms. The molecular formula is C16H18ClN3O3. The van der Waals surface area contributed by atoms with Crippen LogP contribution in [0.1, 0.15) is 0 Å². The Hall–Kier alpha value is -2.47. The van der Waals surface area contributed by atoms with Crippen LogP contribution in [-0.2, 0) is 9.59 Å². The van der Waals surface area contributed by atoms with Gasteiger partial charge in [0.25, 0.3) is 5.91 Å². The van der Waals surface area contributed by atoms with Crippen LogP contribution in [0, 0.1) is 0 Å². The van der Waals surface area contributed by atoms with Crippen molar-refractivity contribution in [3.63, 3.8) is 0 Å². The second-order valence-corrected chi connectivity index (χ2v) is 5.30. The molecule has 2 rings (SSSR count). The quantitative estimate of drug-likeness (QED) is 0.750. The van der Waals surface area contributed by atoms with Gasteiger partial charge in [0.05, 0.1) is 22.9 Å². The summed E-state index contributed by atoms with van der Waals surface area (Å²) in [5.74, 6) is 0.180. The van der Waals surface area contributed by atoms with Gasteiger partial charge in [-0.2, -0.15) is 0 Å². The average molecular weight is 336 g/mol. The van der Waals surface area contributed by atoms with E-state index in [0.717, 1.165) is 0 Å². The first-order chi connectivity index (χ1) is 11.0. The fourth-order valence-electron chi connectivity index (χ4n) is 2.11. The third-order valence-corrected chi connectivity index (χ3v) is 3.50. The van der Waals surface area contributed by atoms with Crippen molar-refractivity contribution in [3.05, 3.63) is 42.5 Å². The van der Waals surface area contributed by atoms with E-state index in [0.29, 0.717) is 35.2 Å². The summed E-state index contributed by atoms with van der Waals surface area (Å²) >= 11 is 6.17. The highest BCUT2D eigenvalue weighted by Crippen LogP contribution is 2.36. The number of fused-ring (bicyclic) bond motifs is 1. The SMILES string of the molecule is C=CCN(CC=C)C(=O)CNc1cc2c(cc1Cl)NC(=O)CO2. The zero-order valence-electron chi connectivity index (χ0n) is 12.6. The van der Waals surface area contributed by atoms with Crippen LogP contribution < -0.4 is 15.4 Å². The van der Waals surface area contributed by atoms with Crippen LogP contribution in [0.15, 0.2) is 37.4 Å². The summed E-state index contributed by atoms with van der Waals surface area (Å²) in [6.07, 6.45) is 3.31. The number of halogens is 1. The number of benzene rings is 1. The Bertz CT molecular complexity index is 636. The number of anilines is 2. The molecular weight excluding hydrogens is 318 g/mol. The Morgan fingerprint density at radius 2 is 2.09 bits per heavy atom. The molecule has 0 saturated carbocycles. The number of hydrogen-bond acceptors (Lipinski definition) is 4. The van der Waals surface area contributed by atoms with Gasteiger partial charge in [0, 0.05) is 19.2 Å². The van der Waals surface area contributed by atoms with Gasteiger partial charge in [-0.3, -0.25) is 9.59 Å². The van der Waals surface area contributed by atoms with E-state index in [1.165, 1.54) is 0 Å². The van der Waals surface area contributed by atoms with Gasteiger partial charge in [0.2, 0.25) is 5.91 Å². The molecule has 0 fully saturated rings. The van der Waals surface area contributed by atoms with E-state index in [9.17, 15) is 9.59 Å². The molecule has 122 valence electrons. The number of nitrogens with zero attached hydrogens (tertiary/aromatic N) is 1. The lowest BCUT2D eigenvalue weighted by molar-refractivity contribution is -0.128. The van der Waals surface area contributed by atoms with Crippen molar-refractivity contribution in [2.45, 2.75) is 0 Å². The van der Waals surface area contributed by atoms with Crippen molar-refractivity contribution in [2.24, 2.45) is 0 Å². The summed E-state index contributed by atoms with van der Waals surface area (Å²) in [6.45, 7) is 8.18. The van der Waals surface area contributed by atoms with E-state index in [1.54, 1.807) is 29.2 Å². The summed E-state index contributed by atoms with van der Waals surface area (Å²) < 4.78 is 5.33. The summed E-state index contributed by atoms with van der Waals surface area (Å²) in [7, 11) is 0. The lowest BCUT2D eigenvalue weighted by Crippen LogP contribution is -2.35. The van der Waals surface area contributed by atoms with Crippen molar-refractivity contribution < 1.29 is 14.3 Å². The Morgan fingerprint density at radius 3 is 2.74 bits per heavy atom. The predicted octanol–water partition coefficient (Wildman–Crippen LogP) is 2.28. The molecule has 2 amide bonds. The molecule has 1 aliphatic rings. The maximum Gasteiger partial charge on any atom is 0.262 e. The van der Waals surface area contributed by atoms with Gasteiger partial charge in [-0.05, 0) is 6.07 Å². The van der Waals surface area contributed by atoms with Gasteiger partial charge >= 0.3 is 0 Å². The van der Waals surface area contributed by atoms with Crippen LogP contribution in [0.5, 0.6) is 5.75 Å². The second-order valence-electron chi connectivity index (χ2n) is 4.89. The van der Waals surface area contributed by atoms with Crippen molar-refractivity contribution in [1.82, 2.24) is 4.90 Å². The minimum atomic E-state index is -0.228. The monoisotopic (exact) mass is 335 g/mol. The Labute approximate surface area is 139 Å². The molecule has 2 N–H and O–H groups in total. The Morgan fingerprint density at radius 1 is 1.39 bits per heavy atom. The highest BCUT2D eigenvalue weighted by Gasteiger charge is 2.19. The van der Waals surface area contributed by atoms with E-state index in [-0.39, 0.29) is 25.0 Å². The maximum atomic E-state index is 12.2. The molecule has 0 saturated heterocycles. The number of carbonyl (C=O) groups excluding carboxylic acids is 2. The molecule has 1 aliphatic heterocycles. The molecule has 6 nitrogen and oxygen atoms in total. The average Bonchev–Trinajstić information content (AvgIpc) is 2.52. The van der Waals surface area contributed by atoms with Gasteiger partial charge in [0.1, 0.15) is 5.75 Å². The Kier molecular flexibility index (Phi) is 5.65. The number of rotatable bonds is 7. The number of carbonyl (C=O) groups is 2. The van der Waals surface area contributed by atoms with Crippen molar-refractivity contribution in [2.75, 3.05) is 36.9 Å². The van der Waals surface area contributed by atoms with Crippen LogP contribution in [0.3, 0.4) is 0 Å². The molecule has 7 heteroatoms. The van der Waals surface area contributed by atoms with Crippen LogP contribution in [0.4, 0.5) is 11.4 Å². The van der Waals surface area contributed by atoms with Gasteiger partial charge in [-0.25, -0.2) is 0 Å². The number of amides is 2. The lowest BCUT2D eigenvalue weighted by atomic mass is 10.2. The highest BCUT2D eigenvalue weighted by molar-refractivity contribution is 6.33. The normalized spacial score (nSPS) is 12.5. The lowest BCUT2D eigenvalue weighted by Gasteiger charge is -2.22. The van der Waals surface area contributed by atoms with Crippen molar-refractivity contribution >= 4 is 34.8 Å². The number of ether oxygens (including phenoxy) is 1. The third kappa shape index (κ3) is 4.26. The van der Waals surface area contributed by atoms with Crippen LogP contribution in [0.2, 0.25) is 5.02 Å². The van der Waals surface area contributed by atoms with E-state index >= 15 is 0 Å². The molecule has 0 spiro atoms. The topological polar surface area (TPSA) is 70.7 Å². The fourth-order valence-corrected chi connectivity index (χ4v) is 2.34. The van der Waals surface area contributed by atoms with Gasteiger partial charge in [0.15, 0.2) is 6.61 Å². The summed E-state index contributed by atoms with van der Waals surface area (Å²) in [6, 6.07) is 3.25. The molecule has 1 aromatic carbocycles. The Balaban J connectivity index is 2.05. The smallest absolute Gasteiger partial charge is 0.262 e. The molecule has 0 aliphatic carbocycles. The second kappa shape index (κ2) is 7.69. The molecule has 1 heterocycles. The molecule has 0 atom stereocenters. The van der Waals surface area contributed by atoms with Crippen LogP contribution in [-0.4, -0.2) is 43.0 Å². The fraction of sp³-hybridized carbons (Fsp3) is 0.250. The minimum absolute atomic E-state index is 0.0422. The van der Waals surface area contributed by atoms with E-state index in [1.807, 2.05) is 0 Å². The summed E-state index contributed by atoms with van der Waals surface area (Å²) in [5, 5.41) is 6.05. The maximum absolute atomic E-state index is 12.2. The highest BCUT2D eigenvalue weighted by atomic mass is 35.5. The van der Waals surface area contributed by atoms with E-state index in [4.69, 9.17) is 16.3 Å². The zero-order chi connectivity index (χ0) is 16.8. The van der Waals surface area contributed by atoms with E-state index < -0.39 is 0 Å². The first-order valence-corrected chi connectivity index (χ1v) is 7.42. The van der Waals surface area contributed by atoms with E-state index in [2.05, 4.69) is 23.8 Å². The summed E-state index contributed by atoms with van der Waals surface area (Å²) in [4.78, 5) is 25.1. The molecule has 0 radical (unpaired) electrons. The van der Waals surface area contributed by atoms with Crippen molar-refractivity contribution in [1.29, 1.82) is 0 Å². The van der Waals surface area contributed by atoms with Crippen LogP contribution in [0.25, 0.3) is 0 Å². The summed E-state index contributed by atoms with van der Waals surface area (Å²) in [5.41, 5.74) is 1.08. The first-order valence-electron chi connectivity index (χ1n) is 7.04. The third-order valence-electron chi connectivity index (χ3n) is 3.18. The largest absolute Gasteiger partial charge is 0.482 e. The van der Waals surface area contributed by atoms with Crippen LogP contribution >= 0.6 is 11.6 Å². The minimum Gasteiger partial charge on any atom is -0.482 e. The molecule has 0 unspecified atom stereocenters. The predicted molar refractivity (Wildman–Crippen MR) is 91.0 cm³/mol. The number of hydrogen-bond donors (Lipinski definition) is 2. The zero-order valence-corrected chi connectivity index (χ0v) is 13.4.